The largest absolute Gasteiger partial charge is 0.494 e. The van der Waals surface area contributed by atoms with E-state index in [0.717, 1.165) is 11.3 Å². The molecule has 3 aromatic rings. The Morgan fingerprint density at radius 1 is 0.889 bits per heavy atom. The van der Waals surface area contributed by atoms with Crippen LogP contribution in [0.3, 0.4) is 0 Å². The Morgan fingerprint density at radius 3 is 2.19 bits per heavy atom. The van der Waals surface area contributed by atoms with Gasteiger partial charge < -0.3 is 14.2 Å². The maximum atomic E-state index is 12.3. The fraction of sp³-hybridized carbons (Fsp3) is 0.182. The van der Waals surface area contributed by atoms with Gasteiger partial charge >= 0.3 is 5.97 Å². The first-order valence-corrected chi connectivity index (χ1v) is 8.77. The van der Waals surface area contributed by atoms with Gasteiger partial charge in [0.25, 0.3) is 0 Å². The number of rotatable bonds is 8. The van der Waals surface area contributed by atoms with Crippen molar-refractivity contribution in [2.24, 2.45) is 0 Å². The third-order valence-corrected chi connectivity index (χ3v) is 3.80. The standard InChI is InChI=1S/C22H21NO4/c1-2-25-18-11-13-19(14-12-18)26-16-21(24)27-22(17-8-4-3-5-9-17)20-10-6-7-15-23-20/h3-15,22H,2,16H2,1H3. The Balaban J connectivity index is 1.64. The Labute approximate surface area is 158 Å². The quantitative estimate of drug-likeness (QED) is 0.562. The molecule has 1 aromatic heterocycles. The van der Waals surface area contributed by atoms with E-state index in [9.17, 15) is 4.79 Å². The summed E-state index contributed by atoms with van der Waals surface area (Å²) in [6.45, 7) is 2.33. The molecular formula is C22H21NO4. The fourth-order valence-electron chi connectivity index (χ4n) is 2.56. The van der Waals surface area contributed by atoms with E-state index >= 15 is 0 Å². The summed E-state index contributed by atoms with van der Waals surface area (Å²) in [6.07, 6.45) is 1.10. The van der Waals surface area contributed by atoms with Crippen LogP contribution in [-0.4, -0.2) is 24.2 Å². The van der Waals surface area contributed by atoms with Crippen molar-refractivity contribution in [2.45, 2.75) is 13.0 Å². The van der Waals surface area contributed by atoms with Crippen molar-refractivity contribution in [1.82, 2.24) is 4.98 Å². The van der Waals surface area contributed by atoms with E-state index in [1.165, 1.54) is 0 Å². The monoisotopic (exact) mass is 363 g/mol. The number of nitrogens with zero attached hydrogens (tertiary/aromatic N) is 1. The summed E-state index contributed by atoms with van der Waals surface area (Å²) in [4.78, 5) is 16.7. The van der Waals surface area contributed by atoms with E-state index in [1.54, 1.807) is 30.5 Å². The average Bonchev–Trinajstić information content (AvgIpc) is 2.73. The summed E-state index contributed by atoms with van der Waals surface area (Å²) >= 11 is 0. The maximum absolute atomic E-state index is 12.3. The molecule has 0 bridgehead atoms. The van der Waals surface area contributed by atoms with E-state index < -0.39 is 12.1 Å². The second-order valence-electron chi connectivity index (χ2n) is 5.73. The molecule has 5 nitrogen and oxygen atoms in total. The minimum atomic E-state index is -0.580. The lowest BCUT2D eigenvalue weighted by Gasteiger charge is -2.18. The summed E-state index contributed by atoms with van der Waals surface area (Å²) in [5.74, 6) is 0.861. The van der Waals surface area contributed by atoms with Crippen LogP contribution in [0.5, 0.6) is 11.5 Å². The Kier molecular flexibility index (Phi) is 6.41. The predicted molar refractivity (Wildman–Crippen MR) is 102 cm³/mol. The number of aromatic nitrogens is 1. The number of ether oxygens (including phenoxy) is 3. The lowest BCUT2D eigenvalue weighted by molar-refractivity contribution is -0.150. The predicted octanol–water partition coefficient (Wildman–Crippen LogP) is 4.19. The minimum absolute atomic E-state index is 0.190. The molecule has 0 aliphatic rings. The first kappa shape index (κ1) is 18.5. The van der Waals surface area contributed by atoms with Crippen LogP contribution in [0.1, 0.15) is 24.3 Å². The number of esters is 1. The van der Waals surface area contributed by atoms with Crippen molar-refractivity contribution >= 4 is 5.97 Å². The minimum Gasteiger partial charge on any atom is -0.494 e. The van der Waals surface area contributed by atoms with Crippen LogP contribution in [0.4, 0.5) is 0 Å². The molecule has 27 heavy (non-hydrogen) atoms. The lowest BCUT2D eigenvalue weighted by atomic mass is 10.1. The van der Waals surface area contributed by atoms with Crippen molar-refractivity contribution < 1.29 is 19.0 Å². The van der Waals surface area contributed by atoms with Crippen LogP contribution >= 0.6 is 0 Å². The molecule has 0 saturated carbocycles. The lowest BCUT2D eigenvalue weighted by Crippen LogP contribution is -2.19. The van der Waals surface area contributed by atoms with Crippen molar-refractivity contribution in [2.75, 3.05) is 13.2 Å². The highest BCUT2D eigenvalue weighted by atomic mass is 16.6. The molecule has 138 valence electrons. The number of carbonyl (C=O) groups is 1. The molecule has 2 aromatic carbocycles. The summed E-state index contributed by atoms with van der Waals surface area (Å²) in [5.41, 5.74) is 1.52. The molecule has 0 N–H and O–H groups in total. The van der Waals surface area contributed by atoms with Gasteiger partial charge in [-0.2, -0.15) is 0 Å². The zero-order valence-corrected chi connectivity index (χ0v) is 15.1. The second-order valence-corrected chi connectivity index (χ2v) is 5.73. The van der Waals surface area contributed by atoms with Gasteiger partial charge in [-0.1, -0.05) is 36.4 Å². The molecular weight excluding hydrogens is 342 g/mol. The summed E-state index contributed by atoms with van der Waals surface area (Å²) in [6, 6.07) is 22.1. The molecule has 0 saturated heterocycles. The van der Waals surface area contributed by atoms with E-state index in [1.807, 2.05) is 55.5 Å². The van der Waals surface area contributed by atoms with Crippen LogP contribution in [0, 0.1) is 0 Å². The number of hydrogen-bond donors (Lipinski definition) is 0. The van der Waals surface area contributed by atoms with Gasteiger partial charge in [0.05, 0.1) is 12.3 Å². The van der Waals surface area contributed by atoms with Crippen molar-refractivity contribution in [3.63, 3.8) is 0 Å². The zero-order valence-electron chi connectivity index (χ0n) is 15.1. The summed E-state index contributed by atoms with van der Waals surface area (Å²) in [5, 5.41) is 0. The van der Waals surface area contributed by atoms with E-state index in [4.69, 9.17) is 14.2 Å². The van der Waals surface area contributed by atoms with Gasteiger partial charge in [0, 0.05) is 6.20 Å². The molecule has 3 rings (SSSR count). The maximum Gasteiger partial charge on any atom is 0.345 e. The summed E-state index contributed by atoms with van der Waals surface area (Å²) in [7, 11) is 0. The van der Waals surface area contributed by atoms with Crippen molar-refractivity contribution in [1.29, 1.82) is 0 Å². The fourth-order valence-corrected chi connectivity index (χ4v) is 2.56. The molecule has 0 radical (unpaired) electrons. The Bertz CT molecular complexity index is 796. The molecule has 1 heterocycles. The number of carbonyl (C=O) groups excluding carboxylic acids is 1. The SMILES string of the molecule is CCOc1ccc(OCC(=O)OC(c2ccccc2)c2ccccn2)cc1. The number of hydrogen-bond acceptors (Lipinski definition) is 5. The molecule has 0 spiro atoms. The first-order valence-electron chi connectivity index (χ1n) is 8.77. The molecule has 0 fully saturated rings. The van der Waals surface area contributed by atoms with Gasteiger partial charge in [-0.05, 0) is 48.9 Å². The molecule has 5 heteroatoms. The van der Waals surface area contributed by atoms with Gasteiger partial charge in [-0.25, -0.2) is 4.79 Å². The van der Waals surface area contributed by atoms with Crippen molar-refractivity contribution in [3.8, 4) is 11.5 Å². The first-order chi connectivity index (χ1) is 13.3. The van der Waals surface area contributed by atoms with Gasteiger partial charge in [0.1, 0.15) is 11.5 Å². The highest BCUT2D eigenvalue weighted by molar-refractivity contribution is 5.71. The van der Waals surface area contributed by atoms with Crippen LogP contribution in [-0.2, 0) is 9.53 Å². The van der Waals surface area contributed by atoms with E-state index in [-0.39, 0.29) is 6.61 Å². The molecule has 0 amide bonds. The van der Waals surface area contributed by atoms with Crippen LogP contribution < -0.4 is 9.47 Å². The van der Waals surface area contributed by atoms with Gasteiger partial charge in [0.15, 0.2) is 12.7 Å². The normalized spacial score (nSPS) is 11.4. The van der Waals surface area contributed by atoms with E-state index in [2.05, 4.69) is 4.98 Å². The third-order valence-electron chi connectivity index (χ3n) is 3.80. The highest BCUT2D eigenvalue weighted by Gasteiger charge is 2.20. The van der Waals surface area contributed by atoms with Crippen LogP contribution in [0.15, 0.2) is 79.0 Å². The Morgan fingerprint density at radius 2 is 1.56 bits per heavy atom. The summed E-state index contributed by atoms with van der Waals surface area (Å²) < 4.78 is 16.6. The molecule has 1 atom stereocenters. The van der Waals surface area contributed by atoms with Gasteiger partial charge in [0.2, 0.25) is 0 Å². The number of benzene rings is 2. The molecule has 1 unspecified atom stereocenters. The Hall–Kier alpha value is -3.34. The van der Waals surface area contributed by atoms with Crippen LogP contribution in [0.25, 0.3) is 0 Å². The topological polar surface area (TPSA) is 57.7 Å². The number of pyridine rings is 1. The van der Waals surface area contributed by atoms with Crippen molar-refractivity contribution in [3.05, 3.63) is 90.3 Å². The van der Waals surface area contributed by atoms with Gasteiger partial charge in [-0.3, -0.25) is 4.98 Å². The van der Waals surface area contributed by atoms with E-state index in [0.29, 0.717) is 18.1 Å². The highest BCUT2D eigenvalue weighted by Crippen LogP contribution is 2.24. The second kappa shape index (κ2) is 9.38. The van der Waals surface area contributed by atoms with Gasteiger partial charge in [-0.15, -0.1) is 0 Å². The zero-order chi connectivity index (χ0) is 18.9. The van der Waals surface area contributed by atoms with Crippen LogP contribution in [0.2, 0.25) is 0 Å². The molecule has 0 aliphatic heterocycles. The average molecular weight is 363 g/mol. The third kappa shape index (κ3) is 5.31. The smallest absolute Gasteiger partial charge is 0.345 e. The molecule has 0 aliphatic carbocycles.